The van der Waals surface area contributed by atoms with Gasteiger partial charge in [-0.25, -0.2) is 0 Å². The second-order valence-corrected chi connectivity index (χ2v) is 5.00. The number of nitrogen functional groups attached to an aromatic ring is 1. The molecule has 1 amide bonds. The number of aliphatic hydroxyl groups excluding tert-OH is 1. The molecule has 2 rings (SSSR count). The van der Waals surface area contributed by atoms with Gasteiger partial charge in [0, 0.05) is 24.9 Å². The summed E-state index contributed by atoms with van der Waals surface area (Å²) in [5.41, 5.74) is 7.24. The minimum atomic E-state index is -0.302. The molecule has 5 heteroatoms. The molecule has 1 fully saturated rings. The number of aliphatic hydroxyl groups is 1. The van der Waals surface area contributed by atoms with Gasteiger partial charge in [-0.05, 0) is 30.7 Å². The fourth-order valence-electron chi connectivity index (χ4n) is 2.26. The molecule has 1 heterocycles. The number of ether oxygens (including phenoxy) is 1. The quantitative estimate of drug-likeness (QED) is 0.635. The molecule has 0 spiro atoms. The van der Waals surface area contributed by atoms with Crippen LogP contribution in [0.25, 0.3) is 6.08 Å². The first-order chi connectivity index (χ1) is 9.58. The molecular weight excluding hydrogens is 256 g/mol. The monoisotopic (exact) mass is 276 g/mol. The molecule has 2 atom stereocenters. The van der Waals surface area contributed by atoms with Crippen LogP contribution < -0.4 is 5.73 Å². The first-order valence-electron chi connectivity index (χ1n) is 6.67. The number of nitrogens with zero attached hydrogens (tertiary/aromatic N) is 1. The Morgan fingerprint density at radius 3 is 3.05 bits per heavy atom. The fourth-order valence-corrected chi connectivity index (χ4v) is 2.26. The zero-order valence-electron chi connectivity index (χ0n) is 11.5. The van der Waals surface area contributed by atoms with Crippen LogP contribution >= 0.6 is 0 Å². The molecule has 0 aliphatic carbocycles. The Hall–Kier alpha value is -1.85. The van der Waals surface area contributed by atoms with E-state index in [2.05, 4.69) is 0 Å². The van der Waals surface area contributed by atoms with Gasteiger partial charge in [0.25, 0.3) is 0 Å². The van der Waals surface area contributed by atoms with Crippen LogP contribution in [0, 0.1) is 0 Å². The average Bonchev–Trinajstić information content (AvgIpc) is 2.44. The summed E-state index contributed by atoms with van der Waals surface area (Å²) < 4.78 is 5.51. The lowest BCUT2D eigenvalue weighted by molar-refractivity contribution is -0.142. The molecule has 1 aromatic carbocycles. The summed E-state index contributed by atoms with van der Waals surface area (Å²) >= 11 is 0. The number of hydrogen-bond donors (Lipinski definition) is 2. The zero-order valence-corrected chi connectivity index (χ0v) is 11.5. The van der Waals surface area contributed by atoms with Gasteiger partial charge in [-0.3, -0.25) is 4.79 Å². The van der Waals surface area contributed by atoms with Crippen molar-refractivity contribution in [2.24, 2.45) is 0 Å². The second-order valence-electron chi connectivity index (χ2n) is 5.00. The van der Waals surface area contributed by atoms with Crippen molar-refractivity contribution >= 4 is 17.7 Å². The number of nitrogens with two attached hydrogens (primary N) is 1. The molecule has 0 saturated carbocycles. The lowest BCUT2D eigenvalue weighted by Gasteiger charge is -2.35. The third kappa shape index (κ3) is 3.82. The van der Waals surface area contributed by atoms with Gasteiger partial charge in [0.05, 0.1) is 18.8 Å². The molecule has 0 bridgehead atoms. The Morgan fingerprint density at radius 1 is 1.55 bits per heavy atom. The number of carbonyl (C=O) groups is 1. The summed E-state index contributed by atoms with van der Waals surface area (Å²) in [7, 11) is 0. The van der Waals surface area contributed by atoms with Crippen molar-refractivity contribution in [3.8, 4) is 0 Å². The van der Waals surface area contributed by atoms with Gasteiger partial charge in [0.1, 0.15) is 0 Å². The molecule has 108 valence electrons. The molecule has 1 saturated heterocycles. The van der Waals surface area contributed by atoms with Gasteiger partial charge in [-0.2, -0.15) is 0 Å². The van der Waals surface area contributed by atoms with Gasteiger partial charge < -0.3 is 20.5 Å². The number of rotatable bonds is 3. The maximum atomic E-state index is 12.1. The van der Waals surface area contributed by atoms with Crippen LogP contribution in [0.2, 0.25) is 0 Å². The van der Waals surface area contributed by atoms with Crippen molar-refractivity contribution in [3.63, 3.8) is 0 Å². The maximum absolute atomic E-state index is 12.1. The van der Waals surface area contributed by atoms with Crippen molar-refractivity contribution in [2.75, 3.05) is 25.4 Å². The highest BCUT2D eigenvalue weighted by Gasteiger charge is 2.26. The smallest absolute Gasteiger partial charge is 0.246 e. The first-order valence-corrected chi connectivity index (χ1v) is 6.67. The van der Waals surface area contributed by atoms with Gasteiger partial charge in [-0.1, -0.05) is 12.1 Å². The maximum Gasteiger partial charge on any atom is 0.246 e. The molecule has 2 unspecified atom stereocenters. The van der Waals surface area contributed by atoms with E-state index in [9.17, 15) is 4.79 Å². The Bertz CT molecular complexity index is 502. The summed E-state index contributed by atoms with van der Waals surface area (Å²) in [6, 6.07) is 7.34. The predicted octanol–water partition coefficient (Wildman–Crippen LogP) is 0.890. The summed E-state index contributed by atoms with van der Waals surface area (Å²) in [5.74, 6) is -0.0824. The van der Waals surface area contributed by atoms with Gasteiger partial charge >= 0.3 is 0 Å². The van der Waals surface area contributed by atoms with Gasteiger partial charge in [0.2, 0.25) is 5.91 Å². The molecule has 1 aliphatic heterocycles. The number of carbonyl (C=O) groups excluding carboxylic acids is 1. The number of benzene rings is 1. The van der Waals surface area contributed by atoms with Crippen LogP contribution in [0.1, 0.15) is 12.5 Å². The molecule has 1 aromatic rings. The van der Waals surface area contributed by atoms with Crippen molar-refractivity contribution in [3.05, 3.63) is 35.9 Å². The van der Waals surface area contributed by atoms with Crippen LogP contribution in [0.4, 0.5) is 5.69 Å². The minimum absolute atomic E-state index is 0.0642. The standard InChI is InChI=1S/C15H20N2O3/c1-11-8-17(9-14(10-18)20-11)15(19)6-5-12-3-2-4-13(16)7-12/h2-7,11,14,18H,8-10,16H2,1H3/b6-5+. The van der Waals surface area contributed by atoms with E-state index in [1.54, 1.807) is 17.0 Å². The summed E-state index contributed by atoms with van der Waals surface area (Å²) in [6.45, 7) is 2.77. The van der Waals surface area contributed by atoms with Crippen molar-refractivity contribution in [2.45, 2.75) is 19.1 Å². The van der Waals surface area contributed by atoms with Crippen molar-refractivity contribution in [1.82, 2.24) is 4.90 Å². The molecule has 0 radical (unpaired) electrons. The molecule has 1 aliphatic rings. The van der Waals surface area contributed by atoms with E-state index < -0.39 is 0 Å². The highest BCUT2D eigenvalue weighted by atomic mass is 16.5. The lowest BCUT2D eigenvalue weighted by Crippen LogP contribution is -2.49. The number of morpholine rings is 1. The van der Waals surface area contributed by atoms with E-state index in [4.69, 9.17) is 15.6 Å². The normalized spacial score (nSPS) is 23.2. The highest BCUT2D eigenvalue weighted by Crippen LogP contribution is 2.13. The molecular formula is C15H20N2O3. The third-order valence-corrected chi connectivity index (χ3v) is 3.17. The van der Waals surface area contributed by atoms with Crippen LogP contribution in [-0.4, -0.2) is 47.8 Å². The largest absolute Gasteiger partial charge is 0.399 e. The number of amides is 1. The summed E-state index contributed by atoms with van der Waals surface area (Å²) in [4.78, 5) is 13.8. The van der Waals surface area contributed by atoms with Crippen molar-refractivity contribution in [1.29, 1.82) is 0 Å². The predicted molar refractivity (Wildman–Crippen MR) is 77.9 cm³/mol. The molecule has 3 N–H and O–H groups in total. The number of hydrogen-bond acceptors (Lipinski definition) is 4. The van der Waals surface area contributed by atoms with Crippen LogP contribution in [0.3, 0.4) is 0 Å². The highest BCUT2D eigenvalue weighted by molar-refractivity contribution is 5.92. The zero-order chi connectivity index (χ0) is 14.5. The first kappa shape index (κ1) is 14.6. The van der Waals surface area contributed by atoms with Crippen LogP contribution in [0.15, 0.2) is 30.3 Å². The Kier molecular flexibility index (Phi) is 4.76. The van der Waals surface area contributed by atoms with E-state index >= 15 is 0 Å². The summed E-state index contributed by atoms with van der Waals surface area (Å²) in [5, 5.41) is 9.15. The molecule has 5 nitrogen and oxygen atoms in total. The van der Waals surface area contributed by atoms with E-state index in [-0.39, 0.29) is 24.7 Å². The molecule has 20 heavy (non-hydrogen) atoms. The van der Waals surface area contributed by atoms with Crippen LogP contribution in [0.5, 0.6) is 0 Å². The Balaban J connectivity index is 2.00. The minimum Gasteiger partial charge on any atom is -0.399 e. The second kappa shape index (κ2) is 6.54. The summed E-state index contributed by atoms with van der Waals surface area (Å²) in [6.07, 6.45) is 2.91. The Labute approximate surface area is 118 Å². The SMILES string of the molecule is CC1CN(C(=O)/C=C/c2cccc(N)c2)CC(CO)O1. The lowest BCUT2D eigenvalue weighted by atomic mass is 10.1. The Morgan fingerprint density at radius 2 is 2.35 bits per heavy atom. The van der Waals surface area contributed by atoms with E-state index in [1.807, 2.05) is 25.1 Å². The molecule has 0 aromatic heterocycles. The van der Waals surface area contributed by atoms with Crippen molar-refractivity contribution < 1.29 is 14.6 Å². The number of anilines is 1. The average molecular weight is 276 g/mol. The fraction of sp³-hybridized carbons (Fsp3) is 0.400. The van der Waals surface area contributed by atoms with Gasteiger partial charge in [0.15, 0.2) is 0 Å². The van der Waals surface area contributed by atoms with E-state index in [1.165, 1.54) is 6.08 Å². The van der Waals surface area contributed by atoms with Gasteiger partial charge in [-0.15, -0.1) is 0 Å². The van der Waals surface area contributed by atoms with E-state index in [0.29, 0.717) is 18.8 Å². The van der Waals surface area contributed by atoms with E-state index in [0.717, 1.165) is 5.56 Å². The third-order valence-electron chi connectivity index (χ3n) is 3.17. The topological polar surface area (TPSA) is 75.8 Å². The van der Waals surface area contributed by atoms with Crippen LogP contribution in [-0.2, 0) is 9.53 Å².